The van der Waals surface area contributed by atoms with Gasteiger partial charge in [-0.1, -0.05) is 236 Å². The molecule has 6 aliphatic rings. The summed E-state index contributed by atoms with van der Waals surface area (Å²) in [7, 11) is 1.62. The van der Waals surface area contributed by atoms with Gasteiger partial charge in [-0.25, -0.2) is 4.57 Å². The van der Waals surface area contributed by atoms with E-state index in [0.717, 1.165) is 195 Å². The maximum absolute atomic E-state index is 14.7. The summed E-state index contributed by atoms with van der Waals surface area (Å²) in [6, 6.07) is 55.9. The van der Waals surface area contributed by atoms with Crippen LogP contribution in [-0.4, -0.2) is 105 Å². The van der Waals surface area contributed by atoms with E-state index in [0.29, 0.717) is 97.3 Å². The number of terminal acetylenes is 2. The van der Waals surface area contributed by atoms with E-state index in [9.17, 15) is 28.8 Å². The molecule has 0 bridgehead atoms. The monoisotopic (exact) mass is 1850 g/mol. The molecule has 676 valence electrons. The zero-order valence-corrected chi connectivity index (χ0v) is 78.5. The fourth-order valence-electron chi connectivity index (χ4n) is 18.4. The van der Waals surface area contributed by atoms with Crippen molar-refractivity contribution in [1.82, 2.24) is 25.2 Å². The molecule has 2 saturated carbocycles. The summed E-state index contributed by atoms with van der Waals surface area (Å²) >= 11 is 15.0. The molecule has 5 unspecified atom stereocenters. The van der Waals surface area contributed by atoms with E-state index in [-0.39, 0.29) is 42.5 Å². The van der Waals surface area contributed by atoms with Crippen LogP contribution in [0, 0.1) is 25.1 Å². The second kappa shape index (κ2) is 46.5. The summed E-state index contributed by atoms with van der Waals surface area (Å²) in [6.07, 6.45) is 58.2. The Kier molecular flexibility index (Phi) is 33.4. The van der Waals surface area contributed by atoms with Crippen LogP contribution < -0.4 is 54.0 Å². The van der Waals surface area contributed by atoms with Crippen LogP contribution in [-0.2, 0) is 51.4 Å². The van der Waals surface area contributed by atoms with Crippen LogP contribution in [0.2, 0.25) is 0 Å². The van der Waals surface area contributed by atoms with Gasteiger partial charge < -0.3 is 28.7 Å². The normalized spacial score (nSPS) is 17.8. The van der Waals surface area contributed by atoms with Gasteiger partial charge in [-0.15, -0.1) is 11.3 Å². The average molecular weight is 1850 g/mol. The van der Waals surface area contributed by atoms with Crippen LogP contribution >= 0.6 is 59.3 Å². The van der Waals surface area contributed by atoms with E-state index < -0.39 is 12.1 Å². The van der Waals surface area contributed by atoms with Crippen LogP contribution in [0.3, 0.4) is 0 Å². The molecular formula is C106H113N9O11S5+2. The summed E-state index contributed by atoms with van der Waals surface area (Å²) in [4.78, 5) is 94.1. The fraction of sp³-hybridized carbons (Fsp3) is 0.358. The number of nitrogens with one attached hydrogen (secondary N) is 2. The van der Waals surface area contributed by atoms with E-state index >= 15 is 0 Å². The topological polar surface area (TPSA) is 198 Å². The molecule has 2 N–H and O–H groups in total. The smallest absolute Gasteiger partial charge is 0.319 e. The largest absolute Gasteiger partial charge is 0.494 e. The number of aromatic nitrogens is 3. The fourth-order valence-corrected chi connectivity index (χ4v) is 22.2. The van der Waals surface area contributed by atoms with Gasteiger partial charge in [0.25, 0.3) is 17.4 Å². The summed E-state index contributed by atoms with van der Waals surface area (Å²) < 4.78 is 28.4. The van der Waals surface area contributed by atoms with E-state index in [2.05, 4.69) is 168 Å². The molecule has 25 heteroatoms. The summed E-state index contributed by atoms with van der Waals surface area (Å²) in [5.41, 5.74) is 18.2. The van der Waals surface area contributed by atoms with Crippen molar-refractivity contribution in [2.24, 2.45) is 0 Å². The number of ether oxygens (including phenoxy) is 4. The number of hydrogen-bond donors (Lipinski definition) is 2. The molecule has 131 heavy (non-hydrogen) atoms. The Morgan fingerprint density at radius 3 is 1.54 bits per heavy atom. The Labute approximate surface area is 791 Å². The Balaban J connectivity index is 0.488. The molecule has 15 rings (SSSR count). The molecule has 6 aromatic carbocycles. The van der Waals surface area contributed by atoms with Gasteiger partial charge in [-0.05, 0) is 192 Å². The highest BCUT2D eigenvalue weighted by molar-refractivity contribution is 8.30. The zero-order valence-electron chi connectivity index (χ0n) is 74.4. The van der Waals surface area contributed by atoms with Gasteiger partial charge in [0.15, 0.2) is 31.3 Å². The highest BCUT2D eigenvalue weighted by Crippen LogP contribution is 2.54. The lowest BCUT2D eigenvalue weighted by atomic mass is 9.96. The van der Waals surface area contributed by atoms with Crippen molar-refractivity contribution in [2.45, 2.75) is 204 Å². The number of hydrogen-bond acceptors (Lipinski definition) is 19. The number of esters is 2. The number of thiazole rings is 1. The third kappa shape index (κ3) is 24.6. The summed E-state index contributed by atoms with van der Waals surface area (Å²) in [6.45, 7) is 4.65. The van der Waals surface area contributed by atoms with Gasteiger partial charge >= 0.3 is 11.9 Å². The minimum absolute atomic E-state index is 0.120. The SMILES string of the molecule is C#COC(=O)CCCCCCCCCCOc1cccc(/C=C/c2ccc(N3c4ccc(/C=C5/SC(=S)N(CCONCC[n+]6ccc(-c7cc[n+](C(C)NC(=O)Cn8c(=O)/c(=C\c9ccc%10c(c9)C9CCCC9N%10c9ccc(/C=C/c%10cccc(OCCCCCCCCCCC(=O)OC#C)c%10)cc9)s/c8=C8/SC(=S)N(C)C8=O)cc7)cc6)C5=O)cc4C4CCCC43)cc2)c1. The maximum atomic E-state index is 14.7. The Hall–Kier alpha value is -11.5. The molecule has 3 aromatic heterocycles. The standard InChI is InChI=1S/C106H112N9O11S5/c1-5-122-98(117)35-19-15-11-7-9-13-17-21-64-124-85-29-23-27-77(67-85)39-37-75-41-47-83(48-42-75)114-91-33-25-31-87(91)89-69-79(45-51-93(89)114)71-95-102(120)113(104(129-95)100-103(121)109(4)105(127)131-100)73-97(116)108-74(3)111-60-55-82(56-61-111)81-53-58-110(59-54-81)62-57-107-126-66-63-112-101(119)96(130-106(112)128)72-80-46-52-94-90(70-80)88-32-26-34-92(88)115(94)84-49-43-76(44-50-84)38-40-78-28-24-30-86(68-78)125-65-22-18-14-10-8-12-16-20-36-99(118)123-6-2/h1-2,23-24,27-30,37-56,58-61,67-72,74,87-88,91-92,107H,7-22,25-26,31-36,57,62-66,73H2,3-4H3/q+1/p+1/b39-37+,40-38+,95-71+,96-72+,104-100+. The van der Waals surface area contributed by atoms with Gasteiger partial charge in [0, 0.05) is 97.7 Å². The van der Waals surface area contributed by atoms with Crippen molar-refractivity contribution in [3.8, 4) is 47.7 Å². The minimum atomic E-state index is -0.486. The Bertz CT molecular complexity index is 6000. The number of hydroxylamine groups is 1. The quantitative estimate of drug-likeness (QED) is 0.00534. The third-order valence-electron chi connectivity index (χ3n) is 25.2. The van der Waals surface area contributed by atoms with Crippen molar-refractivity contribution in [2.75, 3.05) is 49.8 Å². The number of thiocarbonyl (C=S) groups is 2. The third-order valence-corrected chi connectivity index (χ3v) is 29.4. The molecule has 4 fully saturated rings. The van der Waals surface area contributed by atoms with E-state index in [1.54, 1.807) is 11.9 Å². The minimum Gasteiger partial charge on any atom is -0.494 e. The van der Waals surface area contributed by atoms with Crippen LogP contribution in [0.4, 0.5) is 22.7 Å². The molecule has 2 saturated heterocycles. The number of anilines is 4. The molecule has 0 spiro atoms. The van der Waals surface area contributed by atoms with E-state index in [1.165, 1.54) is 80.8 Å². The number of carbonyl (C=O) groups excluding carboxylic acids is 5. The first kappa shape index (κ1) is 94.1. The number of pyridine rings is 2. The Morgan fingerprint density at radius 2 is 1.03 bits per heavy atom. The van der Waals surface area contributed by atoms with Crippen molar-refractivity contribution in [1.29, 1.82) is 0 Å². The van der Waals surface area contributed by atoms with E-state index in [1.807, 2.05) is 109 Å². The van der Waals surface area contributed by atoms with Gasteiger partial charge in [0.1, 0.15) is 48.5 Å². The predicted molar refractivity (Wildman–Crippen MR) is 532 cm³/mol. The van der Waals surface area contributed by atoms with Crippen LogP contribution in [0.1, 0.15) is 224 Å². The molecule has 20 nitrogen and oxygen atoms in total. The molecule has 2 aliphatic carbocycles. The lowest BCUT2D eigenvalue weighted by Crippen LogP contribution is -2.49. The van der Waals surface area contributed by atoms with Crippen LogP contribution in [0.5, 0.6) is 11.5 Å². The number of carbonyl (C=O) groups is 5. The van der Waals surface area contributed by atoms with E-state index in [4.69, 9.17) is 51.6 Å². The molecule has 3 amide bonds. The van der Waals surface area contributed by atoms with Crippen molar-refractivity contribution < 1.29 is 56.9 Å². The lowest BCUT2D eigenvalue weighted by Gasteiger charge is -2.27. The van der Waals surface area contributed by atoms with Gasteiger partial charge in [-0.2, -0.15) is 10.0 Å². The second-order valence-corrected chi connectivity index (χ2v) is 38.5. The van der Waals surface area contributed by atoms with Crippen LogP contribution in [0.25, 0.3) is 52.5 Å². The number of nitrogens with zero attached hydrogens (tertiary/aromatic N) is 7. The average Bonchev–Trinajstić information content (AvgIpc) is 1.62. The van der Waals surface area contributed by atoms with Crippen molar-refractivity contribution >= 4 is 162 Å². The predicted octanol–water partition coefficient (Wildman–Crippen LogP) is 19.3. The molecule has 4 aliphatic heterocycles. The number of benzene rings is 6. The number of amides is 3. The molecule has 9 aromatic rings. The Morgan fingerprint density at radius 1 is 0.542 bits per heavy atom. The first-order valence-corrected chi connectivity index (χ1v) is 49.3. The number of fused-ring (bicyclic) bond motifs is 6. The number of unbranched alkanes of at least 4 members (excludes halogenated alkanes) is 14. The highest BCUT2D eigenvalue weighted by Gasteiger charge is 2.44. The van der Waals surface area contributed by atoms with Crippen molar-refractivity contribution in [3.05, 3.63) is 251 Å². The highest BCUT2D eigenvalue weighted by atomic mass is 32.2. The summed E-state index contributed by atoms with van der Waals surface area (Å²) in [5, 5.41) is 3.08. The van der Waals surface area contributed by atoms with Gasteiger partial charge in [-0.3, -0.25) is 53.3 Å². The molecule has 5 atom stereocenters. The zero-order chi connectivity index (χ0) is 91.0. The number of thioether (sulfide) groups is 2. The van der Waals surface area contributed by atoms with Gasteiger partial charge in [0.2, 0.25) is 12.1 Å². The molecular weight excluding hydrogens is 1740 g/mol. The summed E-state index contributed by atoms with van der Waals surface area (Å²) in [5.74, 6) is 0.996. The van der Waals surface area contributed by atoms with Gasteiger partial charge in [0.05, 0.1) is 42.3 Å². The molecule has 0 radical (unpaired) electrons. The second-order valence-electron chi connectivity index (χ2n) is 34.2. The molecule has 7 heterocycles. The first-order valence-electron chi connectivity index (χ1n) is 46.1. The lowest BCUT2D eigenvalue weighted by molar-refractivity contribution is -0.723. The first-order chi connectivity index (χ1) is 64.0. The van der Waals surface area contributed by atoms with Crippen LogP contribution in [0.15, 0.2) is 192 Å². The maximum Gasteiger partial charge on any atom is 0.319 e. The number of rotatable bonds is 44. The van der Waals surface area contributed by atoms with Crippen molar-refractivity contribution in [3.63, 3.8) is 0 Å².